The summed E-state index contributed by atoms with van der Waals surface area (Å²) in [4.78, 5) is 16.0. The van der Waals surface area contributed by atoms with Crippen LogP contribution in [-0.4, -0.2) is 36.0 Å². The van der Waals surface area contributed by atoms with Crippen molar-refractivity contribution >= 4 is 23.4 Å². The maximum Gasteiger partial charge on any atom is 0.269 e. The minimum atomic E-state index is -0.109. The van der Waals surface area contributed by atoms with Crippen LogP contribution in [0.1, 0.15) is 24.3 Å². The molecule has 1 aromatic rings. The molecule has 1 aromatic heterocycles. The quantitative estimate of drug-likeness (QED) is 0.795. The number of thioether (sulfide) groups is 1. The monoisotopic (exact) mass is 267 g/mol. The first kappa shape index (κ1) is 14.8. The lowest BCUT2D eigenvalue weighted by Crippen LogP contribution is -2.29. The lowest BCUT2D eigenvalue weighted by molar-refractivity contribution is 0.0944. The number of carbonyl (C=O) groups is 1. The summed E-state index contributed by atoms with van der Waals surface area (Å²) in [5.74, 6) is 1.41. The number of anilines is 1. The van der Waals surface area contributed by atoms with E-state index in [0.29, 0.717) is 18.2 Å². The molecular formula is C13H21N3OS. The highest BCUT2D eigenvalue weighted by molar-refractivity contribution is 7.98. The van der Waals surface area contributed by atoms with Gasteiger partial charge in [-0.05, 0) is 37.0 Å². The molecule has 0 saturated carbocycles. The van der Waals surface area contributed by atoms with Gasteiger partial charge in [0.1, 0.15) is 5.69 Å². The van der Waals surface area contributed by atoms with Gasteiger partial charge in [-0.1, -0.05) is 6.92 Å². The van der Waals surface area contributed by atoms with Crippen LogP contribution < -0.4 is 10.6 Å². The number of carbonyl (C=O) groups excluding carboxylic acids is 1. The van der Waals surface area contributed by atoms with Gasteiger partial charge in [-0.3, -0.25) is 9.78 Å². The van der Waals surface area contributed by atoms with E-state index >= 15 is 0 Å². The Bertz CT molecular complexity index is 384. The van der Waals surface area contributed by atoms with E-state index < -0.39 is 0 Å². The Kier molecular flexibility index (Phi) is 6.57. The molecule has 1 amide bonds. The Morgan fingerprint density at radius 1 is 1.56 bits per heavy atom. The number of pyridine rings is 1. The van der Waals surface area contributed by atoms with Crippen LogP contribution in [0.15, 0.2) is 18.3 Å². The molecule has 2 N–H and O–H groups in total. The SMILES string of the molecule is CCNc1ccnc(C(=O)NCC(C)CSC)c1. The van der Waals surface area contributed by atoms with Crippen LogP contribution in [-0.2, 0) is 0 Å². The fraction of sp³-hybridized carbons (Fsp3) is 0.538. The molecule has 0 saturated heterocycles. The minimum Gasteiger partial charge on any atom is -0.385 e. The summed E-state index contributed by atoms with van der Waals surface area (Å²) in [5, 5.41) is 6.07. The normalized spacial score (nSPS) is 11.9. The molecule has 1 heterocycles. The van der Waals surface area contributed by atoms with Gasteiger partial charge in [0, 0.05) is 25.0 Å². The van der Waals surface area contributed by atoms with Crippen molar-refractivity contribution < 1.29 is 4.79 Å². The second kappa shape index (κ2) is 7.97. The molecule has 1 atom stereocenters. The third-order valence-electron chi connectivity index (χ3n) is 2.44. The predicted molar refractivity (Wildman–Crippen MR) is 78.3 cm³/mol. The molecular weight excluding hydrogens is 246 g/mol. The highest BCUT2D eigenvalue weighted by Crippen LogP contribution is 2.08. The number of aromatic nitrogens is 1. The van der Waals surface area contributed by atoms with Crippen molar-refractivity contribution in [3.8, 4) is 0 Å². The van der Waals surface area contributed by atoms with Gasteiger partial charge in [-0.15, -0.1) is 0 Å². The lowest BCUT2D eigenvalue weighted by atomic mass is 10.2. The van der Waals surface area contributed by atoms with Crippen LogP contribution in [0.5, 0.6) is 0 Å². The molecule has 0 aliphatic heterocycles. The first-order chi connectivity index (χ1) is 8.67. The predicted octanol–water partition coefficient (Wildman–Crippen LogP) is 2.24. The van der Waals surface area contributed by atoms with Gasteiger partial charge < -0.3 is 10.6 Å². The Morgan fingerprint density at radius 3 is 3.00 bits per heavy atom. The number of hydrogen-bond acceptors (Lipinski definition) is 4. The summed E-state index contributed by atoms with van der Waals surface area (Å²) in [5.41, 5.74) is 1.39. The van der Waals surface area contributed by atoms with Crippen molar-refractivity contribution in [3.63, 3.8) is 0 Å². The van der Waals surface area contributed by atoms with E-state index in [4.69, 9.17) is 0 Å². The van der Waals surface area contributed by atoms with Crippen LogP contribution in [0.2, 0.25) is 0 Å². The standard InChI is InChI=1S/C13H21N3OS/c1-4-14-11-5-6-15-12(7-11)13(17)16-8-10(2)9-18-3/h5-7,10H,4,8-9H2,1-3H3,(H,14,15)(H,16,17). The molecule has 0 bridgehead atoms. The molecule has 0 fully saturated rings. The van der Waals surface area contributed by atoms with Crippen LogP contribution in [0.25, 0.3) is 0 Å². The average Bonchev–Trinajstić information content (AvgIpc) is 2.37. The maximum atomic E-state index is 11.9. The topological polar surface area (TPSA) is 54.0 Å². The lowest BCUT2D eigenvalue weighted by Gasteiger charge is -2.11. The van der Waals surface area contributed by atoms with Gasteiger partial charge in [0.2, 0.25) is 0 Å². The zero-order valence-corrected chi connectivity index (χ0v) is 12.0. The first-order valence-corrected chi connectivity index (χ1v) is 7.53. The molecule has 1 rings (SSSR count). The van der Waals surface area contributed by atoms with Crippen LogP contribution in [0.4, 0.5) is 5.69 Å². The minimum absolute atomic E-state index is 0.109. The number of rotatable bonds is 7. The molecule has 0 aromatic carbocycles. The Labute approximate surface area is 113 Å². The Hall–Kier alpha value is -1.23. The molecule has 18 heavy (non-hydrogen) atoms. The third-order valence-corrected chi connectivity index (χ3v) is 3.34. The molecule has 0 aliphatic carbocycles. The highest BCUT2D eigenvalue weighted by atomic mass is 32.2. The molecule has 0 radical (unpaired) electrons. The summed E-state index contributed by atoms with van der Waals surface area (Å²) >= 11 is 1.79. The van der Waals surface area contributed by atoms with Gasteiger partial charge in [0.15, 0.2) is 0 Å². The van der Waals surface area contributed by atoms with E-state index in [-0.39, 0.29) is 5.91 Å². The van der Waals surface area contributed by atoms with Gasteiger partial charge >= 0.3 is 0 Å². The largest absolute Gasteiger partial charge is 0.385 e. The summed E-state index contributed by atoms with van der Waals surface area (Å²) < 4.78 is 0. The fourth-order valence-electron chi connectivity index (χ4n) is 1.57. The summed E-state index contributed by atoms with van der Waals surface area (Å²) in [7, 11) is 0. The molecule has 5 heteroatoms. The molecule has 100 valence electrons. The average molecular weight is 267 g/mol. The zero-order chi connectivity index (χ0) is 13.4. The summed E-state index contributed by atoms with van der Waals surface area (Å²) in [6.45, 7) is 5.66. The van der Waals surface area contributed by atoms with E-state index in [9.17, 15) is 4.79 Å². The molecule has 4 nitrogen and oxygen atoms in total. The number of nitrogens with one attached hydrogen (secondary N) is 2. The van der Waals surface area contributed by atoms with Gasteiger partial charge in [0.05, 0.1) is 0 Å². The van der Waals surface area contributed by atoms with Crippen molar-refractivity contribution in [1.29, 1.82) is 0 Å². The maximum absolute atomic E-state index is 11.9. The van der Waals surface area contributed by atoms with Gasteiger partial charge in [-0.25, -0.2) is 0 Å². The van der Waals surface area contributed by atoms with E-state index in [1.165, 1.54) is 0 Å². The van der Waals surface area contributed by atoms with Crippen molar-refractivity contribution in [2.75, 3.05) is 30.4 Å². The van der Waals surface area contributed by atoms with Crippen LogP contribution in [0.3, 0.4) is 0 Å². The number of hydrogen-bond donors (Lipinski definition) is 2. The van der Waals surface area contributed by atoms with Crippen molar-refractivity contribution in [2.24, 2.45) is 5.92 Å². The molecule has 1 unspecified atom stereocenters. The molecule has 0 aliphatic rings. The summed E-state index contributed by atoms with van der Waals surface area (Å²) in [6.07, 6.45) is 3.72. The van der Waals surface area contributed by atoms with Crippen molar-refractivity contribution in [2.45, 2.75) is 13.8 Å². The van der Waals surface area contributed by atoms with Crippen molar-refractivity contribution in [1.82, 2.24) is 10.3 Å². The number of amides is 1. The second-order valence-corrected chi connectivity index (χ2v) is 5.14. The van der Waals surface area contributed by atoms with E-state index in [2.05, 4.69) is 28.8 Å². The van der Waals surface area contributed by atoms with Crippen molar-refractivity contribution in [3.05, 3.63) is 24.0 Å². The zero-order valence-electron chi connectivity index (χ0n) is 11.2. The van der Waals surface area contributed by atoms with E-state index in [0.717, 1.165) is 18.0 Å². The summed E-state index contributed by atoms with van der Waals surface area (Å²) in [6, 6.07) is 3.63. The molecule has 0 spiro atoms. The smallest absolute Gasteiger partial charge is 0.269 e. The first-order valence-electron chi connectivity index (χ1n) is 6.14. The van der Waals surface area contributed by atoms with E-state index in [1.54, 1.807) is 24.0 Å². The highest BCUT2D eigenvalue weighted by Gasteiger charge is 2.09. The van der Waals surface area contributed by atoms with Crippen LogP contribution >= 0.6 is 11.8 Å². The van der Waals surface area contributed by atoms with Crippen LogP contribution in [0, 0.1) is 5.92 Å². The Balaban J connectivity index is 2.53. The Morgan fingerprint density at radius 2 is 2.33 bits per heavy atom. The van der Waals surface area contributed by atoms with Gasteiger partial charge in [0.25, 0.3) is 5.91 Å². The fourth-order valence-corrected chi connectivity index (χ4v) is 2.26. The third kappa shape index (κ3) is 4.96. The second-order valence-electron chi connectivity index (χ2n) is 4.23. The number of nitrogens with zero attached hydrogens (tertiary/aromatic N) is 1. The van der Waals surface area contributed by atoms with E-state index in [1.807, 2.05) is 13.0 Å². The van der Waals surface area contributed by atoms with Gasteiger partial charge in [-0.2, -0.15) is 11.8 Å².